The monoisotopic (exact) mass is 2710 g/mol. The number of aliphatic hydroxyl groups excluding tert-OH is 4. The molecule has 14 nitrogen and oxygen atoms in total. The van der Waals surface area contributed by atoms with Crippen LogP contribution in [0.25, 0.3) is 88.5 Å². The van der Waals surface area contributed by atoms with Gasteiger partial charge in [-0.2, -0.15) is 0 Å². The fraction of sp³-hybridized carbons (Fsp3) is 0.214. The standard InChI is InChI=1S/C20H14N2.C19H18N.3C18H16N.4C5H8O2.4CH4.4Ir.Pt/c1-3-9-17(10-4-1)15-21-19-13-7-8-14-20(19)22-16-18-11-5-2-6-12-18;1-12-7-13(2)10-16(9-12)18-6-5-17-15(4)8-14(3)11-19(17)20-18;1-12-4-6-17-15(9-12)5-7-18(19-17)16-10-13(2)8-14(3)11-16;1-12-4-5-15-6-7-17(19-18(15)11-12)16-9-13(2)8-14(3)10-16;1-12-4-5-17-15(9-12)6-7-19-18(17)16-10-13(2)8-14(3)11-16;4*1-4(6)3-5(2)7;;;;;;;;;/h1-9,11,13-16H;5-9,11H,1-4H3;4-10H,1-3H3;4-9,11H,1-3H3;4-10H,1-3H3;4*3,6H,1-2H3;4*1H4;;;;;/q-2;4*-1;;;;;;;;;;;;;+2. The van der Waals surface area contributed by atoms with E-state index in [1.54, 1.807) is 12.4 Å². The van der Waals surface area contributed by atoms with Crippen LogP contribution in [0.1, 0.15) is 169 Å². The van der Waals surface area contributed by atoms with Crippen LogP contribution in [-0.2, 0) is 121 Å². The van der Waals surface area contributed by atoms with Crippen molar-refractivity contribution in [3.63, 3.8) is 0 Å². The SMILES string of the molecule is C.C.C.C.CC(=O)C=C(C)O.CC(=O)C=C(C)O.CC(=O)C=C(C)O.CC(=O)C=C(C)O.Cc1[c-]c(-c2ccc3c(C)cc(C)cc3n2)cc(C)c1.Cc1[c-]c(-c2ccc3cc(C)ccc3n2)cc(C)c1.Cc1[c-]c(-c2ccc3ccc(C)cc3n2)cc(C)c1.Cc1[c-]c(-c2nccc3cc(C)ccc23)cc(C)c1.[Ir].[Ir].[Ir].[Ir].[Pt+2].[c-]1ccccc1C=Nc1ccccc1N=Cc1[c-]cccc1. The molecule has 4 radical (unpaired) electrons. The zero-order chi connectivity index (χ0) is 93.0. The molecule has 15 rings (SSSR count). The van der Waals surface area contributed by atoms with Crippen molar-refractivity contribution < 1.29 is 141 Å². The van der Waals surface area contributed by atoms with Gasteiger partial charge in [-0.15, -0.1) is 211 Å². The Morgan fingerprint density at radius 2 is 0.632 bits per heavy atom. The molecule has 0 amide bonds. The molecule has 15 aromatic rings. The second-order valence-corrected chi connectivity index (χ2v) is 31.3. The predicted molar refractivity (Wildman–Crippen MR) is 552 cm³/mol. The first kappa shape index (κ1) is 129. The van der Waals surface area contributed by atoms with Gasteiger partial charge in [0.05, 0.1) is 51.0 Å². The Morgan fingerprint density at radius 3 is 1.02 bits per heavy atom. The molecule has 0 aliphatic heterocycles. The number of rotatable bonds is 12. The molecule has 4 N–H and O–H groups in total. The van der Waals surface area contributed by atoms with Crippen LogP contribution in [0.2, 0.25) is 0 Å². The number of fused-ring (bicyclic) bond motifs is 4. The molecule has 0 spiro atoms. The average molecular weight is 2710 g/mol. The van der Waals surface area contributed by atoms with Gasteiger partial charge in [0.2, 0.25) is 0 Å². The molecule has 0 fully saturated rings. The Bertz CT molecular complexity index is 6280. The van der Waals surface area contributed by atoms with Crippen LogP contribution >= 0.6 is 0 Å². The number of aromatic nitrogens is 4. The molecular formula is C117H128Ir4N6O8Pt-4. The fourth-order valence-corrected chi connectivity index (χ4v) is 13.3. The molecule has 0 bridgehead atoms. The summed E-state index contributed by atoms with van der Waals surface area (Å²) >= 11 is 0. The Kier molecular flexibility index (Phi) is 61.8. The number of benzene rings is 11. The largest absolute Gasteiger partial charge is 2.00 e. The van der Waals surface area contributed by atoms with Crippen molar-refractivity contribution in [2.45, 2.75) is 175 Å². The van der Waals surface area contributed by atoms with Gasteiger partial charge in [0.1, 0.15) is 0 Å². The fourth-order valence-electron chi connectivity index (χ4n) is 13.3. The Balaban J connectivity index is -0.00000150. The van der Waals surface area contributed by atoms with E-state index in [1.807, 2.05) is 79.0 Å². The van der Waals surface area contributed by atoms with Crippen molar-refractivity contribution in [3.8, 4) is 45.0 Å². The van der Waals surface area contributed by atoms with Crippen molar-refractivity contribution in [1.29, 1.82) is 0 Å². The smallest absolute Gasteiger partial charge is 0.512 e. The van der Waals surface area contributed by atoms with E-state index in [4.69, 9.17) is 35.4 Å². The number of aliphatic imine (C=N–C) groups is 2. The summed E-state index contributed by atoms with van der Waals surface area (Å²) in [5, 5.41) is 39.5. The molecule has 0 unspecified atom stereocenters. The minimum atomic E-state index is -0.125. The number of pyridine rings is 4. The van der Waals surface area contributed by atoms with Gasteiger partial charge in [0, 0.05) is 116 Å². The molecule has 136 heavy (non-hydrogen) atoms. The van der Waals surface area contributed by atoms with E-state index >= 15 is 0 Å². The van der Waals surface area contributed by atoms with Crippen molar-refractivity contribution in [3.05, 3.63) is 404 Å². The van der Waals surface area contributed by atoms with E-state index in [9.17, 15) is 19.2 Å². The number of hydrogen-bond acceptors (Lipinski definition) is 14. The summed E-state index contributed by atoms with van der Waals surface area (Å²) in [7, 11) is 0. The van der Waals surface area contributed by atoms with Crippen LogP contribution in [0.4, 0.5) is 11.4 Å². The van der Waals surface area contributed by atoms with Crippen LogP contribution < -0.4 is 0 Å². The number of ketones is 4. The summed E-state index contributed by atoms with van der Waals surface area (Å²) in [6, 6.07) is 98.5. The first-order chi connectivity index (χ1) is 60.3. The second-order valence-electron chi connectivity index (χ2n) is 31.3. The molecule has 4 heterocycles. The molecular weight excluding hydrogens is 2580 g/mol. The summed E-state index contributed by atoms with van der Waals surface area (Å²) in [4.78, 5) is 68.0. The number of nitrogens with zero attached hydrogens (tertiary/aromatic N) is 6. The van der Waals surface area contributed by atoms with Crippen molar-refractivity contribution in [2.75, 3.05) is 0 Å². The maximum atomic E-state index is 10.0. The third-order valence-corrected chi connectivity index (χ3v) is 18.1. The Labute approximate surface area is 877 Å². The van der Waals surface area contributed by atoms with Crippen LogP contribution in [0.3, 0.4) is 0 Å². The molecule has 0 aliphatic rings. The first-order valence-corrected chi connectivity index (χ1v) is 41.5. The van der Waals surface area contributed by atoms with Crippen molar-refractivity contribution in [1.82, 2.24) is 19.9 Å². The molecule has 0 aliphatic carbocycles. The van der Waals surface area contributed by atoms with Gasteiger partial charge in [0.15, 0.2) is 23.1 Å². The van der Waals surface area contributed by atoms with E-state index in [2.05, 4.69) is 299 Å². The Morgan fingerprint density at radius 1 is 0.309 bits per heavy atom. The first-order valence-electron chi connectivity index (χ1n) is 41.5. The van der Waals surface area contributed by atoms with Crippen LogP contribution in [0.5, 0.6) is 0 Å². The molecule has 4 aromatic heterocycles. The average Bonchev–Trinajstić information content (AvgIpc) is 0.795. The molecule has 0 atom stereocenters. The van der Waals surface area contributed by atoms with Crippen molar-refractivity contribution >= 4 is 90.4 Å². The van der Waals surface area contributed by atoms with Crippen LogP contribution in [0.15, 0.2) is 294 Å². The number of carbonyl (C=O) groups excluding carboxylic acids is 4. The van der Waals surface area contributed by atoms with E-state index in [-0.39, 0.29) is 177 Å². The summed E-state index contributed by atoms with van der Waals surface area (Å²) in [5.41, 5.74) is 30.9. The molecule has 0 saturated heterocycles. The Hall–Kier alpha value is -11.5. The van der Waals surface area contributed by atoms with Crippen LogP contribution in [-0.4, -0.2) is 75.9 Å². The number of aliphatic hydroxyl groups is 4. The number of allylic oxidation sites excluding steroid dienone is 8. The summed E-state index contributed by atoms with van der Waals surface area (Å²) in [5.74, 6) is -0.250. The summed E-state index contributed by atoms with van der Waals surface area (Å²) in [6.07, 6.45) is 10.1. The minimum Gasteiger partial charge on any atom is -0.512 e. The van der Waals surface area contributed by atoms with Gasteiger partial charge in [-0.25, -0.2) is 0 Å². The van der Waals surface area contributed by atoms with Gasteiger partial charge in [-0.05, 0) is 206 Å². The van der Waals surface area contributed by atoms with Gasteiger partial charge in [-0.1, -0.05) is 187 Å². The van der Waals surface area contributed by atoms with Gasteiger partial charge in [0.25, 0.3) is 0 Å². The van der Waals surface area contributed by atoms with E-state index in [0.717, 1.165) is 106 Å². The molecule has 19 heteroatoms. The maximum Gasteiger partial charge on any atom is 2.00 e. The van der Waals surface area contributed by atoms with Gasteiger partial charge >= 0.3 is 21.1 Å². The van der Waals surface area contributed by atoms with Crippen molar-refractivity contribution in [2.24, 2.45) is 9.98 Å². The number of carbonyl (C=O) groups is 4. The summed E-state index contributed by atoms with van der Waals surface area (Å²) in [6.45, 7) is 38.7. The zero-order valence-electron chi connectivity index (χ0n) is 78.2. The summed E-state index contributed by atoms with van der Waals surface area (Å²) < 4.78 is 0. The topological polar surface area (TPSA) is 225 Å². The quantitative estimate of drug-likeness (QED) is 0.0388. The van der Waals surface area contributed by atoms with Gasteiger partial charge in [-0.3, -0.25) is 34.1 Å². The third-order valence-electron chi connectivity index (χ3n) is 18.1. The number of aryl methyl sites for hydroxylation is 13. The molecule has 0 saturated carbocycles. The predicted octanol–water partition coefficient (Wildman–Crippen LogP) is 30.3. The van der Waals surface area contributed by atoms with E-state index in [0.29, 0.717) is 0 Å². The number of hydrogen-bond donors (Lipinski definition) is 4. The normalized spacial score (nSPS) is 10.4. The van der Waals surface area contributed by atoms with Crippen LogP contribution in [0, 0.1) is 126 Å². The molecule has 11 aromatic carbocycles. The maximum absolute atomic E-state index is 10.0. The second kappa shape index (κ2) is 65.3. The van der Waals surface area contributed by atoms with Gasteiger partial charge < -0.3 is 35.4 Å². The third kappa shape index (κ3) is 46.4. The zero-order valence-corrected chi connectivity index (χ0v) is 90.1. The van der Waals surface area contributed by atoms with E-state index in [1.165, 1.54) is 157 Å². The molecule has 724 valence electrons. The number of para-hydroxylation sites is 2. The minimum absolute atomic E-state index is 0. The van der Waals surface area contributed by atoms with E-state index < -0.39 is 0 Å².